The molecule has 2 aromatic carbocycles. The fourth-order valence-electron chi connectivity index (χ4n) is 2.25. The van der Waals surface area contributed by atoms with Gasteiger partial charge in [-0.2, -0.15) is 5.10 Å². The molecular weight excluding hydrogens is 302 g/mol. The molecule has 0 aliphatic carbocycles. The summed E-state index contributed by atoms with van der Waals surface area (Å²) in [5.41, 5.74) is 4.45. The van der Waals surface area contributed by atoms with E-state index in [1.54, 1.807) is 12.1 Å². The van der Waals surface area contributed by atoms with Crippen molar-refractivity contribution in [2.75, 3.05) is 7.11 Å². The van der Waals surface area contributed by atoms with Crippen molar-refractivity contribution < 1.29 is 9.66 Å². The van der Waals surface area contributed by atoms with Gasteiger partial charge in [0.05, 0.1) is 12.0 Å². The number of nitrogens with one attached hydrogen (secondary N) is 1. The third kappa shape index (κ3) is 2.62. The lowest BCUT2D eigenvalue weighted by molar-refractivity contribution is -0.385. The Hall–Kier alpha value is -2.54. The number of nitro groups is 1. The van der Waals surface area contributed by atoms with Crippen LogP contribution in [0.2, 0.25) is 0 Å². The van der Waals surface area contributed by atoms with Gasteiger partial charge < -0.3 is 4.74 Å². The molecule has 1 aliphatic heterocycles. The third-order valence-electron chi connectivity index (χ3n) is 3.26. The zero-order chi connectivity index (χ0) is 15.5. The predicted molar refractivity (Wildman–Crippen MR) is 86.1 cm³/mol. The summed E-state index contributed by atoms with van der Waals surface area (Å²) in [4.78, 5) is 10.9. The number of ether oxygens (including phenoxy) is 1. The van der Waals surface area contributed by atoms with Crippen molar-refractivity contribution in [1.82, 2.24) is 5.43 Å². The number of hydrogen-bond acceptors (Lipinski definition) is 6. The SMILES string of the molecule is COc1cccc([N+](=O)[O-])c1C1NN=C(c2ccccc2)S1. The Balaban J connectivity index is 1.93. The van der Waals surface area contributed by atoms with Crippen molar-refractivity contribution >= 4 is 22.5 Å². The second kappa shape index (κ2) is 6.07. The summed E-state index contributed by atoms with van der Waals surface area (Å²) in [5, 5.41) is 16.0. The smallest absolute Gasteiger partial charge is 0.279 e. The number of nitrogens with zero attached hydrogens (tertiary/aromatic N) is 2. The van der Waals surface area contributed by atoms with Crippen molar-refractivity contribution in [2.24, 2.45) is 5.10 Å². The second-order valence-corrected chi connectivity index (χ2v) is 5.65. The van der Waals surface area contributed by atoms with Crippen LogP contribution in [0.1, 0.15) is 16.5 Å². The monoisotopic (exact) mass is 315 g/mol. The quantitative estimate of drug-likeness (QED) is 0.692. The molecule has 0 amide bonds. The van der Waals surface area contributed by atoms with Crippen LogP contribution in [0.4, 0.5) is 5.69 Å². The number of benzene rings is 2. The highest BCUT2D eigenvalue weighted by Crippen LogP contribution is 2.42. The van der Waals surface area contributed by atoms with Crippen LogP contribution in [0.15, 0.2) is 53.6 Å². The summed E-state index contributed by atoms with van der Waals surface area (Å²) in [6.07, 6.45) is 0. The second-order valence-electron chi connectivity index (χ2n) is 4.56. The summed E-state index contributed by atoms with van der Waals surface area (Å²) in [6.45, 7) is 0. The van der Waals surface area contributed by atoms with Crippen LogP contribution < -0.4 is 10.2 Å². The van der Waals surface area contributed by atoms with E-state index < -0.39 is 4.92 Å². The first-order valence-electron chi connectivity index (χ1n) is 6.57. The highest BCUT2D eigenvalue weighted by atomic mass is 32.2. The summed E-state index contributed by atoms with van der Waals surface area (Å²) in [7, 11) is 1.50. The number of thioether (sulfide) groups is 1. The van der Waals surface area contributed by atoms with E-state index in [1.165, 1.54) is 24.9 Å². The van der Waals surface area contributed by atoms with Crippen LogP contribution in [0.5, 0.6) is 5.75 Å². The lowest BCUT2D eigenvalue weighted by Crippen LogP contribution is -2.11. The van der Waals surface area contributed by atoms with Crippen LogP contribution in [-0.4, -0.2) is 17.1 Å². The molecule has 0 saturated carbocycles. The molecule has 1 aliphatic rings. The number of nitro benzene ring substituents is 1. The van der Waals surface area contributed by atoms with Gasteiger partial charge in [-0.25, -0.2) is 0 Å². The molecular formula is C15H13N3O3S. The molecule has 22 heavy (non-hydrogen) atoms. The van der Waals surface area contributed by atoms with Gasteiger partial charge in [-0.3, -0.25) is 15.5 Å². The molecule has 6 nitrogen and oxygen atoms in total. The summed E-state index contributed by atoms with van der Waals surface area (Å²) in [5.74, 6) is 0.476. The van der Waals surface area contributed by atoms with Crippen molar-refractivity contribution in [3.63, 3.8) is 0 Å². The Kier molecular flexibility index (Phi) is 3.97. The summed E-state index contributed by atoms with van der Waals surface area (Å²) < 4.78 is 5.28. The Morgan fingerprint density at radius 3 is 2.68 bits per heavy atom. The number of rotatable bonds is 4. The van der Waals surface area contributed by atoms with Crippen LogP contribution in [-0.2, 0) is 0 Å². The largest absolute Gasteiger partial charge is 0.496 e. The maximum absolute atomic E-state index is 11.3. The average molecular weight is 315 g/mol. The Morgan fingerprint density at radius 2 is 2.00 bits per heavy atom. The predicted octanol–water partition coefficient (Wildman–Crippen LogP) is 3.30. The number of hydrogen-bond donors (Lipinski definition) is 1. The molecule has 1 heterocycles. The average Bonchev–Trinajstić information content (AvgIpc) is 3.04. The zero-order valence-corrected chi connectivity index (χ0v) is 12.5. The Bertz CT molecular complexity index is 734. The topological polar surface area (TPSA) is 76.8 Å². The Labute approximate surface area is 131 Å². The summed E-state index contributed by atoms with van der Waals surface area (Å²) in [6, 6.07) is 14.5. The van der Waals surface area contributed by atoms with Gasteiger partial charge in [0, 0.05) is 11.6 Å². The maximum atomic E-state index is 11.3. The van der Waals surface area contributed by atoms with Crippen LogP contribution in [0, 0.1) is 10.1 Å². The minimum Gasteiger partial charge on any atom is -0.496 e. The van der Waals surface area contributed by atoms with Crippen molar-refractivity contribution in [3.05, 3.63) is 69.8 Å². The minimum atomic E-state index is -0.402. The molecule has 1 atom stereocenters. The fraction of sp³-hybridized carbons (Fsp3) is 0.133. The molecule has 0 spiro atoms. The third-order valence-corrected chi connectivity index (χ3v) is 4.38. The molecule has 112 valence electrons. The molecule has 2 aromatic rings. The molecule has 0 aromatic heterocycles. The van der Waals surface area contributed by atoms with E-state index in [9.17, 15) is 10.1 Å². The molecule has 1 N–H and O–H groups in total. The first-order chi connectivity index (χ1) is 10.7. The number of hydrazone groups is 1. The van der Waals surface area contributed by atoms with E-state index in [-0.39, 0.29) is 11.1 Å². The van der Waals surface area contributed by atoms with Gasteiger partial charge in [0.15, 0.2) is 0 Å². The molecule has 0 radical (unpaired) electrons. The van der Waals surface area contributed by atoms with E-state index in [0.29, 0.717) is 11.3 Å². The van der Waals surface area contributed by atoms with Gasteiger partial charge in [-0.1, -0.05) is 48.2 Å². The van der Waals surface area contributed by atoms with Crippen LogP contribution >= 0.6 is 11.8 Å². The van der Waals surface area contributed by atoms with Gasteiger partial charge in [0.25, 0.3) is 5.69 Å². The molecule has 0 saturated heterocycles. The van der Waals surface area contributed by atoms with Crippen molar-refractivity contribution in [3.8, 4) is 5.75 Å². The fourth-order valence-corrected chi connectivity index (χ4v) is 3.31. The van der Waals surface area contributed by atoms with Gasteiger partial charge in [-0.05, 0) is 6.07 Å². The van der Waals surface area contributed by atoms with Crippen LogP contribution in [0.3, 0.4) is 0 Å². The lowest BCUT2D eigenvalue weighted by atomic mass is 10.1. The van der Waals surface area contributed by atoms with Crippen LogP contribution in [0.25, 0.3) is 0 Å². The van der Waals surface area contributed by atoms with Crippen molar-refractivity contribution in [1.29, 1.82) is 0 Å². The van der Waals surface area contributed by atoms with E-state index in [1.807, 2.05) is 30.3 Å². The normalized spacial score (nSPS) is 16.8. The first-order valence-corrected chi connectivity index (χ1v) is 7.45. The van der Waals surface area contributed by atoms with E-state index in [2.05, 4.69) is 10.5 Å². The Morgan fingerprint density at radius 1 is 1.23 bits per heavy atom. The standard InChI is InChI=1S/C15H13N3O3S/c1-21-12-9-5-8-11(18(19)20)13(12)15-17-16-14(22-15)10-6-3-2-4-7-10/h2-9,15,17H,1H3. The van der Waals surface area contributed by atoms with Gasteiger partial charge in [0.2, 0.25) is 0 Å². The molecule has 7 heteroatoms. The molecule has 1 unspecified atom stereocenters. The minimum absolute atomic E-state index is 0.0221. The first kappa shape index (κ1) is 14.4. The zero-order valence-electron chi connectivity index (χ0n) is 11.7. The summed E-state index contributed by atoms with van der Waals surface area (Å²) >= 11 is 1.43. The van der Waals surface area contributed by atoms with Crippen molar-refractivity contribution in [2.45, 2.75) is 5.37 Å². The highest BCUT2D eigenvalue weighted by Gasteiger charge is 2.31. The highest BCUT2D eigenvalue weighted by molar-refractivity contribution is 8.14. The lowest BCUT2D eigenvalue weighted by Gasteiger charge is -2.14. The molecule has 3 rings (SSSR count). The van der Waals surface area contributed by atoms with E-state index in [0.717, 1.165) is 10.6 Å². The number of methoxy groups -OCH3 is 1. The van der Waals surface area contributed by atoms with E-state index in [4.69, 9.17) is 4.74 Å². The molecule has 0 fully saturated rings. The maximum Gasteiger partial charge on any atom is 0.279 e. The van der Waals surface area contributed by atoms with Gasteiger partial charge >= 0.3 is 0 Å². The van der Waals surface area contributed by atoms with E-state index >= 15 is 0 Å². The van der Waals surface area contributed by atoms with Gasteiger partial charge in [-0.15, -0.1) is 0 Å². The van der Waals surface area contributed by atoms with Gasteiger partial charge in [0.1, 0.15) is 21.7 Å². The molecule has 0 bridgehead atoms.